The molecule has 3 rings (SSSR count). The lowest BCUT2D eigenvalue weighted by atomic mass is 10.1. The molecule has 6 nitrogen and oxygen atoms in total. The van der Waals surface area contributed by atoms with E-state index in [1.807, 2.05) is 37.3 Å². The molecule has 0 N–H and O–H groups in total. The van der Waals surface area contributed by atoms with Crippen LogP contribution in [0.1, 0.15) is 18.1 Å². The zero-order valence-electron chi connectivity index (χ0n) is 15.7. The Hall–Kier alpha value is -3.59. The van der Waals surface area contributed by atoms with Crippen LogP contribution in [0.15, 0.2) is 54.1 Å². The molecular weight excluding hydrogens is 356 g/mol. The van der Waals surface area contributed by atoms with Gasteiger partial charge in [0, 0.05) is 11.7 Å². The van der Waals surface area contributed by atoms with E-state index in [0.717, 1.165) is 17.7 Å². The zero-order chi connectivity index (χ0) is 20.1. The molecule has 6 heteroatoms. The van der Waals surface area contributed by atoms with Gasteiger partial charge in [-0.15, -0.1) is 0 Å². The van der Waals surface area contributed by atoms with Crippen LogP contribution in [-0.4, -0.2) is 31.6 Å². The molecule has 1 aliphatic rings. The molecule has 0 saturated carbocycles. The Morgan fingerprint density at radius 2 is 1.93 bits per heavy atom. The van der Waals surface area contributed by atoms with Crippen LogP contribution in [0.4, 0.5) is 5.69 Å². The van der Waals surface area contributed by atoms with Crippen molar-refractivity contribution >= 4 is 23.6 Å². The third-order valence-electron chi connectivity index (χ3n) is 4.57. The van der Waals surface area contributed by atoms with E-state index in [1.165, 1.54) is 6.08 Å². The number of hydrogen-bond donors (Lipinski definition) is 0. The summed E-state index contributed by atoms with van der Waals surface area (Å²) in [6.45, 7) is 1.53. The van der Waals surface area contributed by atoms with Crippen molar-refractivity contribution in [2.24, 2.45) is 0 Å². The molecule has 1 amide bonds. The minimum Gasteiger partial charge on any atom is -0.497 e. The highest BCUT2D eigenvalue weighted by Gasteiger charge is 2.31. The molecule has 1 heterocycles. The van der Waals surface area contributed by atoms with E-state index in [2.05, 4.69) is 0 Å². The first kappa shape index (κ1) is 19.2. The zero-order valence-corrected chi connectivity index (χ0v) is 15.7. The van der Waals surface area contributed by atoms with Gasteiger partial charge in [0.2, 0.25) is 0 Å². The van der Waals surface area contributed by atoms with Gasteiger partial charge in [-0.1, -0.05) is 30.3 Å². The average Bonchev–Trinajstić information content (AvgIpc) is 3.06. The number of carbonyl (C=O) groups excluding carboxylic acids is 2. The maximum Gasteiger partial charge on any atom is 0.349 e. The number of esters is 1. The molecule has 0 aliphatic carbocycles. The number of para-hydroxylation sites is 1. The van der Waals surface area contributed by atoms with Crippen molar-refractivity contribution in [1.82, 2.24) is 0 Å². The molecule has 28 heavy (non-hydrogen) atoms. The topological polar surface area (TPSA) is 79.6 Å². The summed E-state index contributed by atoms with van der Waals surface area (Å²) in [5.41, 5.74) is 2.41. The van der Waals surface area contributed by atoms with E-state index in [9.17, 15) is 14.9 Å². The minimum absolute atomic E-state index is 0.00567. The van der Waals surface area contributed by atoms with Crippen molar-refractivity contribution in [3.63, 3.8) is 0 Å². The van der Waals surface area contributed by atoms with E-state index >= 15 is 0 Å². The maximum atomic E-state index is 12.6. The monoisotopic (exact) mass is 376 g/mol. The first-order chi connectivity index (χ1) is 13.5. The molecule has 2 aromatic carbocycles. The van der Waals surface area contributed by atoms with Crippen molar-refractivity contribution in [1.29, 1.82) is 5.26 Å². The number of ether oxygens (including phenoxy) is 2. The first-order valence-corrected chi connectivity index (χ1v) is 8.86. The Labute approximate surface area is 163 Å². The third-order valence-corrected chi connectivity index (χ3v) is 4.57. The quantitative estimate of drug-likeness (QED) is 0.455. The maximum absolute atomic E-state index is 12.6. The van der Waals surface area contributed by atoms with Gasteiger partial charge in [0.25, 0.3) is 5.91 Å². The summed E-state index contributed by atoms with van der Waals surface area (Å²) >= 11 is 0. The van der Waals surface area contributed by atoms with Gasteiger partial charge in [-0.25, -0.2) is 4.79 Å². The fraction of sp³-hybridized carbons (Fsp3) is 0.227. The molecule has 0 radical (unpaired) electrons. The summed E-state index contributed by atoms with van der Waals surface area (Å²) in [4.78, 5) is 26.5. The molecule has 1 atom stereocenters. The molecule has 0 unspecified atom stereocenters. The van der Waals surface area contributed by atoms with E-state index in [0.29, 0.717) is 11.3 Å². The fourth-order valence-electron chi connectivity index (χ4n) is 3.22. The number of nitriles is 1. The number of amides is 1. The number of benzene rings is 2. The van der Waals surface area contributed by atoms with Crippen molar-refractivity contribution in [3.8, 4) is 11.8 Å². The molecule has 0 bridgehead atoms. The Balaban J connectivity index is 1.66. The summed E-state index contributed by atoms with van der Waals surface area (Å²) in [5.74, 6) is -0.469. The fourth-order valence-corrected chi connectivity index (χ4v) is 3.22. The van der Waals surface area contributed by atoms with Crippen molar-refractivity contribution in [2.45, 2.75) is 19.4 Å². The van der Waals surface area contributed by atoms with Crippen LogP contribution < -0.4 is 9.64 Å². The second-order valence-corrected chi connectivity index (χ2v) is 6.46. The van der Waals surface area contributed by atoms with Gasteiger partial charge in [-0.3, -0.25) is 4.79 Å². The molecule has 0 spiro atoms. The molecular formula is C22H20N2O4. The number of anilines is 1. The summed E-state index contributed by atoms with van der Waals surface area (Å²) in [6, 6.07) is 16.4. The highest BCUT2D eigenvalue weighted by Crippen LogP contribution is 2.31. The van der Waals surface area contributed by atoms with Crippen LogP contribution in [-0.2, 0) is 20.7 Å². The SMILES string of the molecule is COc1ccc(/C=C(\C#N)C(=O)OCC(=O)N2c3ccccc3C[C@H]2C)cc1. The standard InChI is InChI=1S/C22H20N2O4/c1-15-11-17-5-3-4-6-20(17)24(15)21(25)14-28-22(26)18(13-23)12-16-7-9-19(27-2)10-8-16/h3-10,12,15H,11,14H2,1-2H3/b18-12+/t15-/m1/s1. The Kier molecular flexibility index (Phi) is 5.75. The summed E-state index contributed by atoms with van der Waals surface area (Å²) in [7, 11) is 1.56. The lowest BCUT2D eigenvalue weighted by Crippen LogP contribution is -2.38. The van der Waals surface area contributed by atoms with Crippen molar-refractivity contribution < 1.29 is 19.1 Å². The first-order valence-electron chi connectivity index (χ1n) is 8.86. The van der Waals surface area contributed by atoms with Crippen LogP contribution in [0.25, 0.3) is 6.08 Å². The molecule has 0 saturated heterocycles. The number of rotatable bonds is 5. The number of fused-ring (bicyclic) bond motifs is 1. The van der Waals surface area contributed by atoms with Gasteiger partial charge >= 0.3 is 5.97 Å². The number of nitrogens with zero attached hydrogens (tertiary/aromatic N) is 2. The van der Waals surface area contributed by atoms with Crippen LogP contribution in [0.3, 0.4) is 0 Å². The highest BCUT2D eigenvalue weighted by molar-refractivity contribution is 6.01. The smallest absolute Gasteiger partial charge is 0.349 e. The normalized spacial score (nSPS) is 15.5. The average molecular weight is 376 g/mol. The molecule has 2 aromatic rings. The highest BCUT2D eigenvalue weighted by atomic mass is 16.5. The van der Waals surface area contributed by atoms with E-state index < -0.39 is 12.6 Å². The van der Waals surface area contributed by atoms with Crippen LogP contribution >= 0.6 is 0 Å². The predicted octanol–water partition coefficient (Wildman–Crippen LogP) is 3.12. The van der Waals surface area contributed by atoms with Gasteiger partial charge in [0.15, 0.2) is 6.61 Å². The largest absolute Gasteiger partial charge is 0.497 e. The lowest BCUT2D eigenvalue weighted by molar-refractivity contribution is -0.143. The Bertz CT molecular complexity index is 957. The van der Waals surface area contributed by atoms with E-state index in [4.69, 9.17) is 9.47 Å². The van der Waals surface area contributed by atoms with Gasteiger partial charge in [-0.05, 0) is 48.7 Å². The number of methoxy groups -OCH3 is 1. The van der Waals surface area contributed by atoms with Gasteiger partial charge in [0.1, 0.15) is 17.4 Å². The summed E-state index contributed by atoms with van der Waals surface area (Å²) in [6.07, 6.45) is 2.18. The Morgan fingerprint density at radius 1 is 1.21 bits per heavy atom. The molecule has 0 aromatic heterocycles. The van der Waals surface area contributed by atoms with Gasteiger partial charge in [0.05, 0.1) is 7.11 Å². The van der Waals surface area contributed by atoms with Gasteiger partial charge in [-0.2, -0.15) is 5.26 Å². The second kappa shape index (κ2) is 8.40. The van der Waals surface area contributed by atoms with Crippen LogP contribution in [0.2, 0.25) is 0 Å². The van der Waals surface area contributed by atoms with Crippen LogP contribution in [0.5, 0.6) is 5.75 Å². The lowest BCUT2D eigenvalue weighted by Gasteiger charge is -2.22. The Morgan fingerprint density at radius 3 is 2.61 bits per heavy atom. The summed E-state index contributed by atoms with van der Waals surface area (Å²) < 4.78 is 10.2. The minimum atomic E-state index is -0.827. The molecule has 142 valence electrons. The molecule has 0 fully saturated rings. The van der Waals surface area contributed by atoms with Crippen molar-refractivity contribution in [2.75, 3.05) is 18.6 Å². The van der Waals surface area contributed by atoms with E-state index in [-0.39, 0.29) is 17.5 Å². The predicted molar refractivity (Wildman–Crippen MR) is 105 cm³/mol. The van der Waals surface area contributed by atoms with Crippen LogP contribution in [0, 0.1) is 11.3 Å². The third kappa shape index (κ3) is 4.04. The summed E-state index contributed by atoms with van der Waals surface area (Å²) in [5, 5.41) is 9.27. The molecule has 1 aliphatic heterocycles. The second-order valence-electron chi connectivity index (χ2n) is 6.46. The van der Waals surface area contributed by atoms with E-state index in [1.54, 1.807) is 36.3 Å². The van der Waals surface area contributed by atoms with Crippen molar-refractivity contribution in [3.05, 3.63) is 65.2 Å². The number of hydrogen-bond acceptors (Lipinski definition) is 5. The number of carbonyl (C=O) groups is 2. The van der Waals surface area contributed by atoms with Gasteiger partial charge < -0.3 is 14.4 Å².